The van der Waals surface area contributed by atoms with Crippen molar-refractivity contribution in [1.82, 2.24) is 5.32 Å². The molecule has 2 aliphatic rings. The molecule has 1 amide bonds. The maximum absolute atomic E-state index is 11.6. The average molecular weight is 227 g/mol. The number of alkyl carbamates (subject to hydrolysis) is 1. The van der Waals surface area contributed by atoms with Gasteiger partial charge in [0.25, 0.3) is 0 Å². The first kappa shape index (κ1) is 11.7. The Labute approximate surface area is 96.7 Å². The lowest BCUT2D eigenvalue weighted by molar-refractivity contribution is 0.0421. The van der Waals surface area contributed by atoms with Crippen LogP contribution in [0.15, 0.2) is 0 Å². The summed E-state index contributed by atoms with van der Waals surface area (Å²) < 4.78 is 10.9. The number of carbonyl (C=O) groups excluding carboxylic acids is 1. The molecule has 1 N–H and O–H groups in total. The fourth-order valence-corrected chi connectivity index (χ4v) is 2.11. The van der Waals surface area contributed by atoms with Crippen LogP contribution in [0.5, 0.6) is 0 Å². The predicted molar refractivity (Wildman–Crippen MR) is 60.2 cm³/mol. The second-order valence-electron chi connectivity index (χ2n) is 5.71. The summed E-state index contributed by atoms with van der Waals surface area (Å²) in [5.41, 5.74) is -0.432. The van der Waals surface area contributed by atoms with Crippen LogP contribution in [0.2, 0.25) is 0 Å². The lowest BCUT2D eigenvalue weighted by atomic mass is 10.1. The third-order valence-electron chi connectivity index (χ3n) is 2.92. The van der Waals surface area contributed by atoms with Gasteiger partial charge in [0.2, 0.25) is 0 Å². The van der Waals surface area contributed by atoms with Crippen molar-refractivity contribution < 1.29 is 14.3 Å². The van der Waals surface area contributed by atoms with E-state index in [1.54, 1.807) is 0 Å². The van der Waals surface area contributed by atoms with E-state index in [-0.39, 0.29) is 18.2 Å². The molecule has 1 aliphatic heterocycles. The topological polar surface area (TPSA) is 47.6 Å². The summed E-state index contributed by atoms with van der Waals surface area (Å²) in [6, 6.07) is 0.141. The van der Waals surface area contributed by atoms with Crippen molar-refractivity contribution in [2.24, 2.45) is 5.92 Å². The van der Waals surface area contributed by atoms with Gasteiger partial charge in [-0.1, -0.05) is 0 Å². The monoisotopic (exact) mass is 227 g/mol. The maximum Gasteiger partial charge on any atom is 0.407 e. The Bertz CT molecular complexity index is 268. The smallest absolute Gasteiger partial charge is 0.407 e. The van der Waals surface area contributed by atoms with Crippen molar-refractivity contribution >= 4 is 6.09 Å². The van der Waals surface area contributed by atoms with Crippen molar-refractivity contribution in [3.05, 3.63) is 0 Å². The molecule has 16 heavy (non-hydrogen) atoms. The van der Waals surface area contributed by atoms with Crippen LogP contribution in [0.1, 0.15) is 40.0 Å². The molecular weight excluding hydrogens is 206 g/mol. The van der Waals surface area contributed by atoms with Crippen LogP contribution in [0.25, 0.3) is 0 Å². The Morgan fingerprint density at radius 3 is 2.56 bits per heavy atom. The second kappa shape index (κ2) is 4.24. The Hall–Kier alpha value is -0.770. The van der Waals surface area contributed by atoms with E-state index in [2.05, 4.69) is 5.32 Å². The average Bonchev–Trinajstić information content (AvgIpc) is 2.85. The Morgan fingerprint density at radius 2 is 2.00 bits per heavy atom. The predicted octanol–water partition coefficient (Wildman–Crippen LogP) is 2.08. The number of amides is 1. The quantitative estimate of drug-likeness (QED) is 0.785. The Kier molecular flexibility index (Phi) is 3.10. The van der Waals surface area contributed by atoms with Crippen LogP contribution < -0.4 is 5.32 Å². The molecule has 0 radical (unpaired) electrons. The highest BCUT2D eigenvalue weighted by molar-refractivity contribution is 5.68. The van der Waals surface area contributed by atoms with Crippen molar-refractivity contribution in [3.8, 4) is 0 Å². The van der Waals surface area contributed by atoms with Crippen LogP contribution >= 0.6 is 0 Å². The first-order chi connectivity index (χ1) is 7.46. The Balaban J connectivity index is 1.81. The number of hydrogen-bond donors (Lipinski definition) is 1. The van der Waals surface area contributed by atoms with Crippen molar-refractivity contribution in [2.45, 2.75) is 57.8 Å². The van der Waals surface area contributed by atoms with Crippen molar-refractivity contribution in [3.63, 3.8) is 0 Å². The van der Waals surface area contributed by atoms with E-state index in [4.69, 9.17) is 9.47 Å². The summed E-state index contributed by atoms with van der Waals surface area (Å²) in [6.45, 7) is 6.37. The van der Waals surface area contributed by atoms with Gasteiger partial charge in [0, 0.05) is 6.61 Å². The van der Waals surface area contributed by atoms with E-state index < -0.39 is 5.60 Å². The van der Waals surface area contributed by atoms with Crippen LogP contribution in [-0.4, -0.2) is 30.4 Å². The van der Waals surface area contributed by atoms with Crippen LogP contribution in [0.4, 0.5) is 4.79 Å². The molecule has 4 nitrogen and oxygen atoms in total. The van der Waals surface area contributed by atoms with Crippen LogP contribution in [0, 0.1) is 5.92 Å². The molecule has 1 saturated heterocycles. The number of nitrogens with one attached hydrogen (secondary N) is 1. The third kappa shape index (κ3) is 3.11. The minimum absolute atomic E-state index is 0.141. The standard InChI is InChI=1S/C12H21NO3/c1-12(2,3)16-11(14)13-9-6-7-15-10(9)8-4-5-8/h8-10H,4-7H2,1-3H3,(H,13,14). The van der Waals surface area contributed by atoms with Gasteiger partial charge in [-0.3, -0.25) is 0 Å². The normalized spacial score (nSPS) is 30.2. The molecule has 0 spiro atoms. The van der Waals surface area contributed by atoms with Crippen molar-refractivity contribution in [1.29, 1.82) is 0 Å². The highest BCUT2D eigenvalue weighted by Gasteiger charge is 2.41. The summed E-state index contributed by atoms with van der Waals surface area (Å²) in [7, 11) is 0. The molecule has 0 aromatic carbocycles. The van der Waals surface area contributed by atoms with E-state index in [1.807, 2.05) is 20.8 Å². The molecular formula is C12H21NO3. The number of hydrogen-bond acceptors (Lipinski definition) is 3. The fourth-order valence-electron chi connectivity index (χ4n) is 2.11. The molecule has 92 valence electrons. The van der Waals surface area contributed by atoms with Gasteiger partial charge in [0.05, 0.1) is 12.1 Å². The molecule has 1 saturated carbocycles. The van der Waals surface area contributed by atoms with Crippen LogP contribution in [-0.2, 0) is 9.47 Å². The first-order valence-electron chi connectivity index (χ1n) is 6.07. The van der Waals surface area contributed by atoms with Crippen LogP contribution in [0.3, 0.4) is 0 Å². The van der Waals surface area contributed by atoms with E-state index in [0.717, 1.165) is 13.0 Å². The second-order valence-corrected chi connectivity index (χ2v) is 5.71. The summed E-state index contributed by atoms with van der Waals surface area (Å²) in [5, 5.41) is 2.92. The molecule has 2 rings (SSSR count). The van der Waals surface area contributed by atoms with Gasteiger partial charge in [0.1, 0.15) is 5.60 Å². The molecule has 4 heteroatoms. The number of ether oxygens (including phenoxy) is 2. The molecule has 2 fully saturated rings. The molecule has 1 heterocycles. The summed E-state index contributed by atoms with van der Waals surface area (Å²) >= 11 is 0. The first-order valence-corrected chi connectivity index (χ1v) is 6.07. The molecule has 0 aromatic heterocycles. The van der Waals surface area contributed by atoms with Gasteiger partial charge >= 0.3 is 6.09 Å². The molecule has 0 bridgehead atoms. The molecule has 0 aromatic rings. The molecule has 2 unspecified atom stereocenters. The highest BCUT2D eigenvalue weighted by atomic mass is 16.6. The van der Waals surface area contributed by atoms with Gasteiger partial charge in [-0.25, -0.2) is 4.79 Å². The van der Waals surface area contributed by atoms with E-state index in [1.165, 1.54) is 12.8 Å². The molecule has 1 aliphatic carbocycles. The number of carbonyl (C=O) groups is 1. The van der Waals surface area contributed by atoms with Gasteiger partial charge in [0.15, 0.2) is 0 Å². The summed E-state index contributed by atoms with van der Waals surface area (Å²) in [5.74, 6) is 0.655. The zero-order valence-corrected chi connectivity index (χ0v) is 10.3. The summed E-state index contributed by atoms with van der Waals surface area (Å²) in [4.78, 5) is 11.6. The fraction of sp³-hybridized carbons (Fsp3) is 0.917. The zero-order chi connectivity index (χ0) is 11.8. The van der Waals surface area contributed by atoms with Crippen molar-refractivity contribution in [2.75, 3.05) is 6.61 Å². The Morgan fingerprint density at radius 1 is 1.31 bits per heavy atom. The lowest BCUT2D eigenvalue weighted by Crippen LogP contribution is -2.43. The zero-order valence-electron chi connectivity index (χ0n) is 10.3. The minimum atomic E-state index is -0.432. The largest absolute Gasteiger partial charge is 0.444 e. The lowest BCUT2D eigenvalue weighted by Gasteiger charge is -2.23. The maximum atomic E-state index is 11.6. The van der Waals surface area contributed by atoms with E-state index >= 15 is 0 Å². The van der Waals surface area contributed by atoms with Gasteiger partial charge in [-0.2, -0.15) is 0 Å². The third-order valence-corrected chi connectivity index (χ3v) is 2.92. The van der Waals surface area contributed by atoms with E-state index in [0.29, 0.717) is 5.92 Å². The molecule has 2 atom stereocenters. The highest BCUT2D eigenvalue weighted by Crippen LogP contribution is 2.38. The van der Waals surface area contributed by atoms with Gasteiger partial charge in [-0.15, -0.1) is 0 Å². The minimum Gasteiger partial charge on any atom is -0.444 e. The van der Waals surface area contributed by atoms with Gasteiger partial charge < -0.3 is 14.8 Å². The number of rotatable bonds is 2. The SMILES string of the molecule is CC(C)(C)OC(=O)NC1CCOC1C1CC1. The van der Waals surface area contributed by atoms with Gasteiger partial charge in [-0.05, 0) is 46.0 Å². The summed E-state index contributed by atoms with van der Waals surface area (Å²) in [6.07, 6.45) is 3.26. The van der Waals surface area contributed by atoms with E-state index in [9.17, 15) is 4.79 Å².